The van der Waals surface area contributed by atoms with Crippen LogP contribution in [0.1, 0.15) is 19.4 Å². The number of methoxy groups -OCH3 is 3. The number of Topliss-reactive ketones (excluding diaryl/α,β-unsaturated/α-hetero) is 1. The highest BCUT2D eigenvalue weighted by molar-refractivity contribution is 5.98. The van der Waals surface area contributed by atoms with E-state index < -0.39 is 29.5 Å². The minimum absolute atomic E-state index is 0.0366. The number of rotatable bonds is 13. The maximum atomic E-state index is 13.0. The highest BCUT2D eigenvalue weighted by atomic mass is 16.6. The number of ether oxygens (including phenoxy) is 4. The number of hydrogen-bond donors (Lipinski definition) is 2. The Morgan fingerprint density at radius 1 is 1.06 bits per heavy atom. The third-order valence-corrected chi connectivity index (χ3v) is 5.14. The molecule has 1 aliphatic rings. The van der Waals surface area contributed by atoms with Crippen molar-refractivity contribution in [2.24, 2.45) is 5.92 Å². The molecule has 1 saturated heterocycles. The first kappa shape index (κ1) is 24.8. The lowest BCUT2D eigenvalue weighted by Crippen LogP contribution is -2.56. The zero-order valence-electron chi connectivity index (χ0n) is 18.7. The van der Waals surface area contributed by atoms with Crippen LogP contribution in [-0.2, 0) is 35.0 Å². The van der Waals surface area contributed by atoms with E-state index in [1.807, 2.05) is 18.2 Å². The summed E-state index contributed by atoms with van der Waals surface area (Å²) >= 11 is 0. The molecule has 1 aromatic rings. The van der Waals surface area contributed by atoms with Crippen molar-refractivity contribution < 1.29 is 33.3 Å². The molecule has 9 heteroatoms. The molecule has 0 saturated carbocycles. The standard InChI is InChI=1S/C22H32N2O7/c1-14(11-28-3)20(26)24-18(12-29-4)21(27)23-17(19(25)22(2)13-31-22)10-15-7-6-8-16(9-15)30-5/h6-9,14,17-18H,10-13H2,1-5H3,(H,23,27)(H,24,26)/t14-,17-,18-,22+/m0/s1. The summed E-state index contributed by atoms with van der Waals surface area (Å²) in [5.41, 5.74) is -0.0904. The molecule has 1 aliphatic heterocycles. The summed E-state index contributed by atoms with van der Waals surface area (Å²) in [5.74, 6) is -0.859. The molecule has 2 N–H and O–H groups in total. The maximum Gasteiger partial charge on any atom is 0.245 e. The third-order valence-electron chi connectivity index (χ3n) is 5.14. The first-order chi connectivity index (χ1) is 14.7. The predicted molar refractivity (Wildman–Crippen MR) is 113 cm³/mol. The van der Waals surface area contributed by atoms with Gasteiger partial charge in [-0.2, -0.15) is 0 Å². The lowest BCUT2D eigenvalue weighted by atomic mass is 9.94. The van der Waals surface area contributed by atoms with Gasteiger partial charge < -0.3 is 29.6 Å². The number of epoxide rings is 1. The van der Waals surface area contributed by atoms with Crippen LogP contribution in [0.5, 0.6) is 5.75 Å². The number of amides is 2. The van der Waals surface area contributed by atoms with Crippen molar-refractivity contribution in [1.82, 2.24) is 10.6 Å². The highest BCUT2D eigenvalue weighted by Crippen LogP contribution is 2.29. The Kier molecular flexibility index (Phi) is 8.97. The fourth-order valence-corrected chi connectivity index (χ4v) is 3.13. The number of carbonyl (C=O) groups excluding carboxylic acids is 3. The van der Waals surface area contributed by atoms with Gasteiger partial charge in [0.05, 0.1) is 38.9 Å². The second-order valence-corrected chi connectivity index (χ2v) is 7.87. The van der Waals surface area contributed by atoms with Crippen LogP contribution in [0.3, 0.4) is 0 Å². The van der Waals surface area contributed by atoms with Crippen molar-refractivity contribution in [2.45, 2.75) is 38.0 Å². The normalized spacial score (nSPS) is 20.3. The van der Waals surface area contributed by atoms with Crippen LogP contribution in [0.4, 0.5) is 0 Å². The summed E-state index contributed by atoms with van der Waals surface area (Å²) in [5, 5.41) is 5.44. The number of nitrogens with one attached hydrogen (secondary N) is 2. The van der Waals surface area contributed by atoms with Gasteiger partial charge in [-0.3, -0.25) is 14.4 Å². The van der Waals surface area contributed by atoms with Crippen LogP contribution in [0.15, 0.2) is 24.3 Å². The summed E-state index contributed by atoms with van der Waals surface area (Å²) < 4.78 is 20.6. The average Bonchev–Trinajstić information content (AvgIpc) is 3.51. The van der Waals surface area contributed by atoms with E-state index in [9.17, 15) is 14.4 Å². The first-order valence-corrected chi connectivity index (χ1v) is 10.1. The van der Waals surface area contributed by atoms with E-state index in [0.717, 1.165) is 5.56 Å². The molecule has 0 aromatic heterocycles. The van der Waals surface area contributed by atoms with E-state index in [1.165, 1.54) is 14.2 Å². The fraction of sp³-hybridized carbons (Fsp3) is 0.591. The number of hydrogen-bond acceptors (Lipinski definition) is 7. The Morgan fingerprint density at radius 2 is 1.71 bits per heavy atom. The van der Waals surface area contributed by atoms with Gasteiger partial charge in [0, 0.05) is 14.2 Å². The van der Waals surface area contributed by atoms with Crippen LogP contribution >= 0.6 is 0 Å². The molecule has 0 aliphatic carbocycles. The molecule has 9 nitrogen and oxygen atoms in total. The lowest BCUT2D eigenvalue weighted by molar-refractivity contribution is -0.135. The molecule has 2 amide bonds. The van der Waals surface area contributed by atoms with Crippen molar-refractivity contribution in [3.05, 3.63) is 29.8 Å². The quantitative estimate of drug-likeness (QED) is 0.433. The summed E-state index contributed by atoms with van der Waals surface area (Å²) in [6.07, 6.45) is 0.258. The van der Waals surface area contributed by atoms with Crippen molar-refractivity contribution >= 4 is 17.6 Å². The highest BCUT2D eigenvalue weighted by Gasteiger charge is 2.50. The molecule has 2 rings (SSSR count). The topological polar surface area (TPSA) is 115 Å². The number of ketones is 1. The van der Waals surface area contributed by atoms with E-state index in [4.69, 9.17) is 18.9 Å². The molecule has 4 atom stereocenters. The zero-order valence-corrected chi connectivity index (χ0v) is 18.7. The summed E-state index contributed by atoms with van der Waals surface area (Å²) in [6.45, 7) is 3.88. The molecular formula is C22H32N2O7. The van der Waals surface area contributed by atoms with Gasteiger partial charge in [0.15, 0.2) is 5.78 Å². The Morgan fingerprint density at radius 3 is 2.29 bits per heavy atom. The lowest BCUT2D eigenvalue weighted by Gasteiger charge is -2.24. The molecule has 31 heavy (non-hydrogen) atoms. The average molecular weight is 437 g/mol. The molecule has 0 spiro atoms. The van der Waals surface area contributed by atoms with Crippen LogP contribution in [-0.4, -0.2) is 76.4 Å². The summed E-state index contributed by atoms with van der Waals surface area (Å²) in [4.78, 5) is 38.3. The van der Waals surface area contributed by atoms with Crippen molar-refractivity contribution in [2.75, 3.05) is 41.2 Å². The largest absolute Gasteiger partial charge is 0.497 e. The van der Waals surface area contributed by atoms with E-state index >= 15 is 0 Å². The van der Waals surface area contributed by atoms with Gasteiger partial charge in [0.2, 0.25) is 11.8 Å². The fourth-order valence-electron chi connectivity index (χ4n) is 3.13. The van der Waals surface area contributed by atoms with Gasteiger partial charge in [-0.15, -0.1) is 0 Å². The van der Waals surface area contributed by atoms with Crippen LogP contribution in [0, 0.1) is 5.92 Å². The molecule has 0 bridgehead atoms. The van der Waals surface area contributed by atoms with Crippen molar-refractivity contribution in [3.8, 4) is 5.75 Å². The van der Waals surface area contributed by atoms with Gasteiger partial charge in [0.25, 0.3) is 0 Å². The van der Waals surface area contributed by atoms with Crippen LogP contribution in [0.2, 0.25) is 0 Å². The van der Waals surface area contributed by atoms with Gasteiger partial charge in [-0.1, -0.05) is 19.1 Å². The number of carbonyl (C=O) groups is 3. The van der Waals surface area contributed by atoms with E-state index in [-0.39, 0.29) is 31.3 Å². The Balaban J connectivity index is 2.15. The van der Waals surface area contributed by atoms with Crippen LogP contribution in [0.25, 0.3) is 0 Å². The second-order valence-electron chi connectivity index (χ2n) is 7.87. The monoisotopic (exact) mass is 436 g/mol. The molecule has 0 radical (unpaired) electrons. The SMILES string of the molecule is COC[C@H](NC(=O)[C@@H](C)COC)C(=O)N[C@@H](Cc1cccc(OC)c1)C(=O)[C@@]1(C)CO1. The minimum atomic E-state index is -0.953. The molecule has 1 heterocycles. The molecular weight excluding hydrogens is 404 g/mol. The first-order valence-electron chi connectivity index (χ1n) is 10.1. The summed E-state index contributed by atoms with van der Waals surface area (Å²) in [6, 6.07) is 5.49. The van der Waals surface area contributed by atoms with Crippen molar-refractivity contribution in [3.63, 3.8) is 0 Å². The molecule has 172 valence electrons. The van der Waals surface area contributed by atoms with Crippen molar-refractivity contribution in [1.29, 1.82) is 0 Å². The smallest absolute Gasteiger partial charge is 0.245 e. The summed E-state index contributed by atoms with van der Waals surface area (Å²) in [7, 11) is 4.49. The Hall–Kier alpha value is -2.49. The van der Waals surface area contributed by atoms with Gasteiger partial charge >= 0.3 is 0 Å². The van der Waals surface area contributed by atoms with E-state index in [2.05, 4.69) is 10.6 Å². The minimum Gasteiger partial charge on any atom is -0.497 e. The molecule has 1 fully saturated rings. The van der Waals surface area contributed by atoms with E-state index in [0.29, 0.717) is 12.4 Å². The predicted octanol–water partition coefficient (Wildman–Crippen LogP) is 0.494. The van der Waals surface area contributed by atoms with E-state index in [1.54, 1.807) is 27.0 Å². The Labute approximate surface area is 182 Å². The van der Waals surface area contributed by atoms with Gasteiger partial charge in [-0.25, -0.2) is 0 Å². The van der Waals surface area contributed by atoms with Gasteiger partial charge in [0.1, 0.15) is 17.4 Å². The maximum absolute atomic E-state index is 13.0. The second kappa shape index (κ2) is 11.2. The Bertz CT molecular complexity index is 779. The van der Waals surface area contributed by atoms with Crippen LogP contribution < -0.4 is 15.4 Å². The van der Waals surface area contributed by atoms with Gasteiger partial charge in [-0.05, 0) is 31.0 Å². The molecule has 1 aromatic carbocycles. The third kappa shape index (κ3) is 7.02. The zero-order chi connectivity index (χ0) is 23.0. The molecule has 0 unspecified atom stereocenters. The number of benzene rings is 1.